The summed E-state index contributed by atoms with van der Waals surface area (Å²) < 4.78 is 0. The molecule has 0 saturated heterocycles. The van der Waals surface area contributed by atoms with Gasteiger partial charge in [-0.2, -0.15) is 0 Å². The normalized spacial score (nSPS) is 13.1. The van der Waals surface area contributed by atoms with Gasteiger partial charge in [0.15, 0.2) is 0 Å². The molecule has 0 fully saturated rings. The van der Waals surface area contributed by atoms with Gasteiger partial charge in [0.2, 0.25) is 0 Å². The van der Waals surface area contributed by atoms with Crippen LogP contribution in [0.3, 0.4) is 0 Å². The van der Waals surface area contributed by atoms with Crippen molar-refractivity contribution in [3.8, 4) is 0 Å². The Labute approximate surface area is 97.9 Å². The van der Waals surface area contributed by atoms with E-state index in [-0.39, 0.29) is 30.5 Å². The maximum absolute atomic E-state index is 9.25. The quantitative estimate of drug-likeness (QED) is 0.836. The molecule has 2 nitrogen and oxygen atoms in total. The maximum Gasteiger partial charge on any atom is 0.0522 e. The van der Waals surface area contributed by atoms with E-state index in [1.165, 1.54) is 0 Å². The highest BCUT2D eigenvalue weighted by Gasteiger charge is 2.19. The van der Waals surface area contributed by atoms with Crippen LogP contribution in [0.2, 0.25) is 0 Å². The van der Waals surface area contributed by atoms with Crippen LogP contribution in [0.15, 0.2) is 24.3 Å². The summed E-state index contributed by atoms with van der Waals surface area (Å²) in [5.41, 5.74) is 7.86. The van der Waals surface area contributed by atoms with Crippen molar-refractivity contribution in [2.24, 2.45) is 5.73 Å². The Kier molecular flexibility index (Phi) is 5.29. The molecule has 0 aromatic heterocycles. The SMILES string of the molecule is C[C@@H](N)c1cccc(C(C)(C)CO)c1.Cl. The molecule has 15 heavy (non-hydrogen) atoms. The summed E-state index contributed by atoms with van der Waals surface area (Å²) >= 11 is 0. The molecule has 0 amide bonds. The number of halogens is 1. The summed E-state index contributed by atoms with van der Waals surface area (Å²) in [6.45, 7) is 6.15. The van der Waals surface area contributed by atoms with Crippen molar-refractivity contribution in [2.75, 3.05) is 6.61 Å². The molecule has 0 aliphatic carbocycles. The van der Waals surface area contributed by atoms with Crippen molar-refractivity contribution in [1.82, 2.24) is 0 Å². The third-order valence-corrected chi connectivity index (χ3v) is 2.59. The zero-order valence-corrected chi connectivity index (χ0v) is 10.3. The van der Waals surface area contributed by atoms with Crippen LogP contribution in [-0.4, -0.2) is 11.7 Å². The highest BCUT2D eigenvalue weighted by molar-refractivity contribution is 5.85. The summed E-state index contributed by atoms with van der Waals surface area (Å²) in [4.78, 5) is 0. The summed E-state index contributed by atoms with van der Waals surface area (Å²) in [6, 6.07) is 8.15. The highest BCUT2D eigenvalue weighted by atomic mass is 35.5. The topological polar surface area (TPSA) is 46.2 Å². The monoisotopic (exact) mass is 229 g/mol. The lowest BCUT2D eigenvalue weighted by atomic mass is 9.84. The molecule has 0 spiro atoms. The molecule has 3 heteroatoms. The summed E-state index contributed by atoms with van der Waals surface area (Å²) in [7, 11) is 0. The largest absolute Gasteiger partial charge is 0.395 e. The van der Waals surface area contributed by atoms with E-state index in [2.05, 4.69) is 6.07 Å². The van der Waals surface area contributed by atoms with E-state index in [9.17, 15) is 5.11 Å². The second-order valence-corrected chi connectivity index (χ2v) is 4.46. The van der Waals surface area contributed by atoms with Crippen LogP contribution in [-0.2, 0) is 5.41 Å². The summed E-state index contributed by atoms with van der Waals surface area (Å²) in [6.07, 6.45) is 0. The van der Waals surface area contributed by atoms with Crippen LogP contribution in [0.4, 0.5) is 0 Å². The Morgan fingerprint density at radius 3 is 2.47 bits per heavy atom. The number of benzene rings is 1. The molecule has 1 aromatic carbocycles. The molecule has 0 aliphatic rings. The highest BCUT2D eigenvalue weighted by Crippen LogP contribution is 2.24. The fourth-order valence-electron chi connectivity index (χ4n) is 1.33. The van der Waals surface area contributed by atoms with Crippen molar-refractivity contribution in [3.05, 3.63) is 35.4 Å². The van der Waals surface area contributed by atoms with Gasteiger partial charge in [-0.1, -0.05) is 38.1 Å². The van der Waals surface area contributed by atoms with Crippen LogP contribution in [0.25, 0.3) is 0 Å². The Hall–Kier alpha value is -0.570. The average molecular weight is 230 g/mol. The summed E-state index contributed by atoms with van der Waals surface area (Å²) in [5.74, 6) is 0. The number of nitrogens with two attached hydrogens (primary N) is 1. The van der Waals surface area contributed by atoms with Crippen molar-refractivity contribution in [1.29, 1.82) is 0 Å². The lowest BCUT2D eigenvalue weighted by molar-refractivity contribution is 0.218. The molecule has 1 rings (SSSR count). The molecular weight excluding hydrogens is 210 g/mol. The van der Waals surface area contributed by atoms with E-state index in [0.717, 1.165) is 11.1 Å². The molecule has 86 valence electrons. The van der Waals surface area contributed by atoms with Gasteiger partial charge in [0.1, 0.15) is 0 Å². The van der Waals surface area contributed by atoms with Gasteiger partial charge in [-0.3, -0.25) is 0 Å². The van der Waals surface area contributed by atoms with Crippen molar-refractivity contribution < 1.29 is 5.11 Å². The van der Waals surface area contributed by atoms with Gasteiger partial charge in [-0.05, 0) is 18.1 Å². The predicted octanol–water partition coefficient (Wildman–Crippen LogP) is 2.40. The Morgan fingerprint density at radius 2 is 2.00 bits per heavy atom. The molecule has 1 aromatic rings. The Bertz CT molecular complexity index is 310. The minimum Gasteiger partial charge on any atom is -0.395 e. The zero-order valence-electron chi connectivity index (χ0n) is 9.53. The standard InChI is InChI=1S/C12H19NO.ClH/c1-9(13)10-5-4-6-11(7-10)12(2,3)8-14;/h4-7,9,14H,8,13H2,1-3H3;1H/t9-;/m1./s1. The van der Waals surface area contributed by atoms with E-state index in [0.29, 0.717) is 0 Å². The Balaban J connectivity index is 0.00000196. The minimum atomic E-state index is -0.190. The minimum absolute atomic E-state index is 0. The van der Waals surface area contributed by atoms with Crippen LogP contribution in [0.5, 0.6) is 0 Å². The lowest BCUT2D eigenvalue weighted by Crippen LogP contribution is -2.22. The second-order valence-electron chi connectivity index (χ2n) is 4.46. The first-order valence-corrected chi connectivity index (χ1v) is 4.94. The van der Waals surface area contributed by atoms with Crippen molar-refractivity contribution in [3.63, 3.8) is 0 Å². The van der Waals surface area contributed by atoms with Gasteiger partial charge in [0.05, 0.1) is 6.61 Å². The third-order valence-electron chi connectivity index (χ3n) is 2.59. The lowest BCUT2D eigenvalue weighted by Gasteiger charge is -2.23. The smallest absolute Gasteiger partial charge is 0.0522 e. The number of hydrogen-bond donors (Lipinski definition) is 2. The maximum atomic E-state index is 9.25. The van der Waals surface area contributed by atoms with E-state index in [4.69, 9.17) is 5.73 Å². The van der Waals surface area contributed by atoms with E-state index in [1.807, 2.05) is 39.0 Å². The van der Waals surface area contributed by atoms with Crippen LogP contribution in [0, 0.1) is 0 Å². The van der Waals surface area contributed by atoms with Gasteiger partial charge < -0.3 is 10.8 Å². The first-order valence-electron chi connectivity index (χ1n) is 4.94. The molecule has 0 heterocycles. The van der Waals surface area contributed by atoms with Crippen molar-refractivity contribution in [2.45, 2.75) is 32.2 Å². The molecule has 0 bridgehead atoms. The third kappa shape index (κ3) is 3.49. The average Bonchev–Trinajstić information content (AvgIpc) is 2.18. The fourth-order valence-corrected chi connectivity index (χ4v) is 1.33. The van der Waals surface area contributed by atoms with Gasteiger partial charge in [-0.25, -0.2) is 0 Å². The van der Waals surface area contributed by atoms with Gasteiger partial charge in [0.25, 0.3) is 0 Å². The molecule has 1 atom stereocenters. The van der Waals surface area contributed by atoms with Crippen LogP contribution >= 0.6 is 12.4 Å². The van der Waals surface area contributed by atoms with Gasteiger partial charge in [0, 0.05) is 11.5 Å². The van der Waals surface area contributed by atoms with Crippen molar-refractivity contribution >= 4 is 12.4 Å². The molecule has 0 aliphatic heterocycles. The van der Waals surface area contributed by atoms with Gasteiger partial charge in [-0.15, -0.1) is 12.4 Å². The molecule has 0 saturated carbocycles. The van der Waals surface area contributed by atoms with Crippen LogP contribution < -0.4 is 5.73 Å². The number of aliphatic hydroxyl groups excluding tert-OH is 1. The predicted molar refractivity (Wildman–Crippen MR) is 66.4 cm³/mol. The van der Waals surface area contributed by atoms with E-state index < -0.39 is 0 Å². The van der Waals surface area contributed by atoms with E-state index >= 15 is 0 Å². The second kappa shape index (κ2) is 5.50. The molecule has 3 N–H and O–H groups in total. The van der Waals surface area contributed by atoms with E-state index in [1.54, 1.807) is 0 Å². The molecule has 0 radical (unpaired) electrons. The fraction of sp³-hybridized carbons (Fsp3) is 0.500. The molecule has 0 unspecified atom stereocenters. The number of rotatable bonds is 3. The number of hydrogen-bond acceptors (Lipinski definition) is 2. The first kappa shape index (κ1) is 14.4. The summed E-state index contributed by atoms with van der Waals surface area (Å²) in [5, 5.41) is 9.25. The molecular formula is C12H20ClNO. The number of aliphatic hydroxyl groups is 1. The van der Waals surface area contributed by atoms with Crippen LogP contribution in [0.1, 0.15) is 37.9 Å². The zero-order chi connectivity index (χ0) is 10.8. The first-order chi connectivity index (χ1) is 6.47. The Morgan fingerprint density at radius 1 is 1.40 bits per heavy atom. The van der Waals surface area contributed by atoms with Gasteiger partial charge >= 0.3 is 0 Å².